The fraction of sp³-hybridized carbons (Fsp3) is 0.583. The third-order valence-electron chi connectivity index (χ3n) is 3.35. The van der Waals surface area contributed by atoms with E-state index in [0.717, 1.165) is 13.0 Å². The highest BCUT2D eigenvalue weighted by Crippen LogP contribution is 2.13. The van der Waals surface area contributed by atoms with Gasteiger partial charge in [-0.3, -0.25) is 4.79 Å². The Morgan fingerprint density at radius 1 is 1.53 bits per heavy atom. The highest BCUT2D eigenvalue weighted by Gasteiger charge is 2.22. The first-order valence-corrected chi connectivity index (χ1v) is 6.40. The molecule has 7 heteroatoms. The largest absolute Gasteiger partial charge is 0.358 e. The van der Waals surface area contributed by atoms with Crippen molar-refractivity contribution in [3.8, 4) is 0 Å². The number of hydrogen-bond donors (Lipinski definition) is 2. The minimum absolute atomic E-state index is 0.160. The van der Waals surface area contributed by atoms with Gasteiger partial charge in [-0.2, -0.15) is 0 Å². The summed E-state index contributed by atoms with van der Waals surface area (Å²) in [6.45, 7) is 1.60. The summed E-state index contributed by atoms with van der Waals surface area (Å²) in [5, 5.41) is 13.9. The molecule has 0 aliphatic carbocycles. The number of nitrogens with zero attached hydrogens (tertiary/aromatic N) is 2. The smallest absolute Gasteiger partial charge is 0.321 e. The summed E-state index contributed by atoms with van der Waals surface area (Å²) in [5.41, 5.74) is 0.255. The molecule has 1 amide bonds. The number of nitrogens with one attached hydrogen (secondary N) is 2. The summed E-state index contributed by atoms with van der Waals surface area (Å²) < 4.78 is 0. The Morgan fingerprint density at radius 3 is 2.89 bits per heavy atom. The van der Waals surface area contributed by atoms with Gasteiger partial charge in [-0.1, -0.05) is 6.42 Å². The molecule has 19 heavy (non-hydrogen) atoms. The maximum atomic E-state index is 12.1. The zero-order valence-corrected chi connectivity index (χ0v) is 10.9. The molecule has 0 saturated carbocycles. The van der Waals surface area contributed by atoms with E-state index >= 15 is 0 Å². The second-order valence-electron chi connectivity index (χ2n) is 4.85. The number of likely N-dealkylation sites (N-methyl/N-ethyl adjacent to an activating group) is 1. The first kappa shape index (κ1) is 13.5. The van der Waals surface area contributed by atoms with Crippen molar-refractivity contribution in [3.63, 3.8) is 0 Å². The molecule has 1 fully saturated rings. The maximum absolute atomic E-state index is 12.1. The summed E-state index contributed by atoms with van der Waals surface area (Å²) in [6, 6.07) is 3.07. The van der Waals surface area contributed by atoms with Gasteiger partial charge in [0.05, 0.1) is 0 Å². The summed E-state index contributed by atoms with van der Waals surface area (Å²) in [6.07, 6.45) is 3.41. The fourth-order valence-electron chi connectivity index (χ4n) is 2.31. The van der Waals surface area contributed by atoms with E-state index < -0.39 is 4.92 Å². The van der Waals surface area contributed by atoms with Crippen molar-refractivity contribution in [1.82, 2.24) is 15.2 Å². The monoisotopic (exact) mass is 266 g/mol. The number of piperidine rings is 1. The van der Waals surface area contributed by atoms with Gasteiger partial charge in [0.15, 0.2) is 5.69 Å². The lowest BCUT2D eigenvalue weighted by molar-refractivity contribution is -0.389. The Hall–Kier alpha value is -1.89. The van der Waals surface area contributed by atoms with Gasteiger partial charge in [-0.25, -0.2) is 4.98 Å². The summed E-state index contributed by atoms with van der Waals surface area (Å²) >= 11 is 0. The van der Waals surface area contributed by atoms with E-state index in [1.165, 1.54) is 25.0 Å². The summed E-state index contributed by atoms with van der Waals surface area (Å²) in [5.74, 6) is -0.381. The zero-order chi connectivity index (χ0) is 13.8. The maximum Gasteiger partial charge on any atom is 0.321 e. The van der Waals surface area contributed by atoms with Crippen LogP contribution in [0.25, 0.3) is 0 Å². The molecule has 1 aliphatic heterocycles. The Labute approximate surface area is 111 Å². The SMILES string of the molecule is CN(CC1CCCCN1)C(=O)c1ccc([N+](=O)[O-])[nH]1. The number of nitro groups is 1. The number of amides is 1. The van der Waals surface area contributed by atoms with E-state index in [0.29, 0.717) is 12.6 Å². The minimum Gasteiger partial charge on any atom is -0.358 e. The molecule has 2 N–H and O–H groups in total. The first-order chi connectivity index (χ1) is 9.08. The van der Waals surface area contributed by atoms with Crippen molar-refractivity contribution in [2.45, 2.75) is 25.3 Å². The van der Waals surface area contributed by atoms with Crippen LogP contribution in [-0.2, 0) is 0 Å². The van der Waals surface area contributed by atoms with E-state index in [2.05, 4.69) is 10.3 Å². The van der Waals surface area contributed by atoms with E-state index in [1.54, 1.807) is 11.9 Å². The van der Waals surface area contributed by atoms with Gasteiger partial charge < -0.3 is 20.3 Å². The van der Waals surface area contributed by atoms with Crippen LogP contribution in [0.3, 0.4) is 0 Å². The Balaban J connectivity index is 1.95. The second kappa shape index (κ2) is 5.83. The molecule has 1 aliphatic rings. The van der Waals surface area contributed by atoms with Crippen LogP contribution in [0.5, 0.6) is 0 Å². The lowest BCUT2D eigenvalue weighted by Crippen LogP contribution is -2.44. The summed E-state index contributed by atoms with van der Waals surface area (Å²) in [4.78, 5) is 26.2. The highest BCUT2D eigenvalue weighted by atomic mass is 16.6. The van der Waals surface area contributed by atoms with Gasteiger partial charge in [-0.15, -0.1) is 0 Å². The van der Waals surface area contributed by atoms with Gasteiger partial charge in [0, 0.05) is 25.7 Å². The lowest BCUT2D eigenvalue weighted by atomic mass is 10.0. The van der Waals surface area contributed by atoms with E-state index in [4.69, 9.17) is 0 Å². The molecule has 104 valence electrons. The standard InChI is InChI=1S/C12H18N4O3/c1-15(8-9-4-2-3-7-13-9)12(17)10-5-6-11(14-10)16(18)19/h5-6,9,13-14H,2-4,7-8H2,1H3. The first-order valence-electron chi connectivity index (χ1n) is 6.40. The summed E-state index contributed by atoms with van der Waals surface area (Å²) in [7, 11) is 1.71. The van der Waals surface area contributed by atoms with Crippen molar-refractivity contribution in [1.29, 1.82) is 0 Å². The Morgan fingerprint density at radius 2 is 2.32 bits per heavy atom. The molecule has 1 saturated heterocycles. The van der Waals surface area contributed by atoms with Crippen LogP contribution in [0.4, 0.5) is 5.82 Å². The predicted molar refractivity (Wildman–Crippen MR) is 70.0 cm³/mol. The predicted octanol–water partition coefficient (Wildman–Crippen LogP) is 1.14. The topological polar surface area (TPSA) is 91.3 Å². The molecule has 0 radical (unpaired) electrons. The highest BCUT2D eigenvalue weighted by molar-refractivity contribution is 5.92. The molecule has 7 nitrogen and oxygen atoms in total. The van der Waals surface area contributed by atoms with Crippen LogP contribution < -0.4 is 5.32 Å². The molecule has 1 aromatic heterocycles. The third-order valence-corrected chi connectivity index (χ3v) is 3.35. The normalized spacial score (nSPS) is 19.1. The van der Waals surface area contributed by atoms with Crippen molar-refractivity contribution in [2.24, 2.45) is 0 Å². The number of aromatic amines is 1. The van der Waals surface area contributed by atoms with Gasteiger partial charge in [0.1, 0.15) is 0 Å². The molecule has 0 spiro atoms. The Kier molecular flexibility index (Phi) is 4.16. The van der Waals surface area contributed by atoms with Gasteiger partial charge in [0.25, 0.3) is 5.91 Å². The number of carbonyl (C=O) groups excluding carboxylic acids is 1. The van der Waals surface area contributed by atoms with Crippen LogP contribution in [0.15, 0.2) is 12.1 Å². The molecule has 1 unspecified atom stereocenters. The van der Waals surface area contributed by atoms with Gasteiger partial charge >= 0.3 is 5.82 Å². The van der Waals surface area contributed by atoms with Crippen LogP contribution in [-0.4, -0.2) is 46.9 Å². The third kappa shape index (κ3) is 3.31. The van der Waals surface area contributed by atoms with Crippen molar-refractivity contribution in [3.05, 3.63) is 27.9 Å². The van der Waals surface area contributed by atoms with Crippen LogP contribution in [0, 0.1) is 10.1 Å². The van der Waals surface area contributed by atoms with Crippen molar-refractivity contribution in [2.75, 3.05) is 20.1 Å². The van der Waals surface area contributed by atoms with Crippen molar-refractivity contribution >= 4 is 11.7 Å². The quantitative estimate of drug-likeness (QED) is 0.631. The number of H-pyrrole nitrogens is 1. The average Bonchev–Trinajstić information content (AvgIpc) is 2.88. The number of rotatable bonds is 4. The van der Waals surface area contributed by atoms with Crippen LogP contribution >= 0.6 is 0 Å². The molecular weight excluding hydrogens is 248 g/mol. The van der Waals surface area contributed by atoms with E-state index in [9.17, 15) is 14.9 Å². The average molecular weight is 266 g/mol. The minimum atomic E-state index is -0.542. The fourth-order valence-corrected chi connectivity index (χ4v) is 2.31. The zero-order valence-electron chi connectivity index (χ0n) is 10.9. The lowest BCUT2D eigenvalue weighted by Gasteiger charge is -2.27. The number of hydrogen-bond acceptors (Lipinski definition) is 4. The van der Waals surface area contributed by atoms with Crippen molar-refractivity contribution < 1.29 is 9.72 Å². The van der Waals surface area contributed by atoms with Crippen LogP contribution in [0.2, 0.25) is 0 Å². The molecule has 2 heterocycles. The second-order valence-corrected chi connectivity index (χ2v) is 4.85. The molecule has 0 bridgehead atoms. The molecule has 0 aromatic carbocycles. The number of carbonyl (C=O) groups is 1. The molecular formula is C12H18N4O3. The molecule has 1 aromatic rings. The van der Waals surface area contributed by atoms with E-state index in [1.807, 2.05) is 0 Å². The molecule has 1 atom stereocenters. The number of aromatic nitrogens is 1. The van der Waals surface area contributed by atoms with Gasteiger partial charge in [0.2, 0.25) is 0 Å². The van der Waals surface area contributed by atoms with Gasteiger partial charge in [-0.05, 0) is 30.4 Å². The molecule has 2 rings (SSSR count). The van der Waals surface area contributed by atoms with E-state index in [-0.39, 0.29) is 17.4 Å². The van der Waals surface area contributed by atoms with Crippen LogP contribution in [0.1, 0.15) is 29.8 Å². The Bertz CT molecular complexity index is 465.